The van der Waals surface area contributed by atoms with Crippen molar-refractivity contribution < 1.29 is 4.79 Å². The largest absolute Gasteiger partial charge is 0.343 e. The number of carbonyl (C=O) groups is 1. The van der Waals surface area contributed by atoms with Gasteiger partial charge in [-0.2, -0.15) is 0 Å². The lowest BCUT2D eigenvalue weighted by Gasteiger charge is -2.32. The zero-order chi connectivity index (χ0) is 15.4. The Morgan fingerprint density at radius 2 is 2.05 bits per heavy atom. The van der Waals surface area contributed by atoms with Crippen LogP contribution in [0.15, 0.2) is 41.9 Å². The summed E-state index contributed by atoms with van der Waals surface area (Å²) in [6, 6.07) is 10.3. The predicted molar refractivity (Wildman–Crippen MR) is 90.1 cm³/mol. The number of amides is 1. The first-order chi connectivity index (χ1) is 10.7. The van der Waals surface area contributed by atoms with Crippen molar-refractivity contribution in [2.75, 3.05) is 13.1 Å². The molecule has 4 heteroatoms. The topological polar surface area (TPSA) is 33.2 Å². The molecule has 0 saturated carbocycles. The molecule has 116 valence electrons. The van der Waals surface area contributed by atoms with Crippen molar-refractivity contribution in [1.82, 2.24) is 9.88 Å². The number of thiazole rings is 1. The van der Waals surface area contributed by atoms with Crippen molar-refractivity contribution in [3.63, 3.8) is 0 Å². The number of nitrogens with zero attached hydrogens (tertiary/aromatic N) is 2. The first kappa shape index (κ1) is 15.2. The van der Waals surface area contributed by atoms with Crippen LogP contribution in [0.4, 0.5) is 0 Å². The maximum atomic E-state index is 12.5. The van der Waals surface area contributed by atoms with Gasteiger partial charge >= 0.3 is 0 Å². The van der Waals surface area contributed by atoms with Gasteiger partial charge in [0.2, 0.25) is 5.91 Å². The third-order valence-electron chi connectivity index (χ3n) is 4.50. The zero-order valence-corrected chi connectivity index (χ0v) is 13.8. The summed E-state index contributed by atoms with van der Waals surface area (Å²) >= 11 is 1.73. The standard InChI is InChI=1S/C18H22N2OS/c1-14(15-5-3-2-4-6-15)13-17(21)20-10-7-16(8-11-20)18-19-9-12-22-18/h2-6,9,12,14,16H,7-8,10-11,13H2,1H3. The SMILES string of the molecule is CC(CC(=O)N1CCC(c2nccs2)CC1)c1ccccc1. The van der Waals surface area contributed by atoms with E-state index in [1.54, 1.807) is 11.3 Å². The molecule has 1 unspecified atom stereocenters. The summed E-state index contributed by atoms with van der Waals surface area (Å²) in [5, 5.41) is 3.26. The fourth-order valence-electron chi connectivity index (χ4n) is 3.10. The highest BCUT2D eigenvalue weighted by molar-refractivity contribution is 7.09. The van der Waals surface area contributed by atoms with Crippen molar-refractivity contribution in [3.05, 3.63) is 52.5 Å². The Labute approximate surface area is 136 Å². The minimum atomic E-state index is 0.283. The maximum Gasteiger partial charge on any atom is 0.223 e. The van der Waals surface area contributed by atoms with Crippen LogP contribution in [0.5, 0.6) is 0 Å². The Balaban J connectivity index is 1.52. The summed E-state index contributed by atoms with van der Waals surface area (Å²) in [5.74, 6) is 1.11. The lowest BCUT2D eigenvalue weighted by Crippen LogP contribution is -2.38. The monoisotopic (exact) mass is 314 g/mol. The summed E-state index contributed by atoms with van der Waals surface area (Å²) in [6.45, 7) is 3.87. The van der Waals surface area contributed by atoms with Gasteiger partial charge in [0.05, 0.1) is 5.01 Å². The van der Waals surface area contributed by atoms with Gasteiger partial charge in [-0.1, -0.05) is 37.3 Å². The van der Waals surface area contributed by atoms with Gasteiger partial charge in [0.25, 0.3) is 0 Å². The van der Waals surface area contributed by atoms with E-state index in [0.717, 1.165) is 25.9 Å². The van der Waals surface area contributed by atoms with Crippen molar-refractivity contribution in [1.29, 1.82) is 0 Å². The van der Waals surface area contributed by atoms with Crippen LogP contribution in [0.1, 0.15) is 48.6 Å². The highest BCUT2D eigenvalue weighted by Gasteiger charge is 2.25. The molecule has 1 saturated heterocycles. The van der Waals surface area contributed by atoms with E-state index < -0.39 is 0 Å². The van der Waals surface area contributed by atoms with Crippen molar-refractivity contribution in [3.8, 4) is 0 Å². The number of benzene rings is 1. The van der Waals surface area contributed by atoms with Gasteiger partial charge < -0.3 is 4.90 Å². The molecule has 1 aliphatic heterocycles. The van der Waals surface area contributed by atoms with Crippen LogP contribution in [0.25, 0.3) is 0 Å². The first-order valence-corrected chi connectivity index (χ1v) is 8.84. The molecule has 0 bridgehead atoms. The van der Waals surface area contributed by atoms with Crippen LogP contribution in [0.2, 0.25) is 0 Å². The number of hydrogen-bond donors (Lipinski definition) is 0. The molecule has 1 aliphatic rings. The molecule has 0 radical (unpaired) electrons. The summed E-state index contributed by atoms with van der Waals surface area (Å²) in [4.78, 5) is 18.9. The molecule has 3 nitrogen and oxygen atoms in total. The highest BCUT2D eigenvalue weighted by atomic mass is 32.1. The third kappa shape index (κ3) is 3.55. The second kappa shape index (κ2) is 7.05. The van der Waals surface area contributed by atoms with E-state index in [9.17, 15) is 4.79 Å². The Morgan fingerprint density at radius 3 is 2.68 bits per heavy atom. The quantitative estimate of drug-likeness (QED) is 0.853. The van der Waals surface area contributed by atoms with E-state index in [-0.39, 0.29) is 11.8 Å². The van der Waals surface area contributed by atoms with Crippen molar-refractivity contribution in [2.24, 2.45) is 0 Å². The molecule has 22 heavy (non-hydrogen) atoms. The van der Waals surface area contributed by atoms with Crippen LogP contribution in [-0.2, 0) is 4.79 Å². The second-order valence-corrected chi connectivity index (χ2v) is 6.97. The van der Waals surface area contributed by atoms with Gasteiger partial charge in [-0.3, -0.25) is 4.79 Å². The highest BCUT2D eigenvalue weighted by Crippen LogP contribution is 2.30. The molecule has 2 heterocycles. The average molecular weight is 314 g/mol. The number of piperidine rings is 1. The van der Waals surface area contributed by atoms with E-state index in [1.807, 2.05) is 34.7 Å². The number of hydrogen-bond acceptors (Lipinski definition) is 3. The molecular formula is C18H22N2OS. The van der Waals surface area contributed by atoms with Gasteiger partial charge in [0.1, 0.15) is 0 Å². The fourth-order valence-corrected chi connectivity index (χ4v) is 3.91. The smallest absolute Gasteiger partial charge is 0.223 e. The number of rotatable bonds is 4. The zero-order valence-electron chi connectivity index (χ0n) is 12.9. The van der Waals surface area contributed by atoms with E-state index >= 15 is 0 Å². The van der Waals surface area contributed by atoms with E-state index in [0.29, 0.717) is 12.3 Å². The molecular weight excluding hydrogens is 292 g/mol. The number of likely N-dealkylation sites (tertiary alicyclic amines) is 1. The van der Waals surface area contributed by atoms with E-state index in [1.165, 1.54) is 10.6 Å². The van der Waals surface area contributed by atoms with Crippen LogP contribution < -0.4 is 0 Å². The van der Waals surface area contributed by atoms with Gasteiger partial charge in [-0.15, -0.1) is 11.3 Å². The molecule has 3 rings (SSSR count). The average Bonchev–Trinajstić information content (AvgIpc) is 3.10. The molecule has 0 N–H and O–H groups in total. The Bertz CT molecular complexity index is 589. The minimum absolute atomic E-state index is 0.283. The summed E-state index contributed by atoms with van der Waals surface area (Å²) in [7, 11) is 0. The van der Waals surface area contributed by atoms with Crippen LogP contribution >= 0.6 is 11.3 Å². The van der Waals surface area contributed by atoms with Crippen molar-refractivity contribution >= 4 is 17.2 Å². The summed E-state index contributed by atoms with van der Waals surface area (Å²) < 4.78 is 0. The van der Waals surface area contributed by atoms with Crippen molar-refractivity contribution in [2.45, 2.75) is 38.0 Å². The molecule has 2 aromatic rings. The molecule has 1 amide bonds. The lowest BCUT2D eigenvalue weighted by molar-refractivity contribution is -0.132. The lowest BCUT2D eigenvalue weighted by atomic mass is 9.94. The van der Waals surface area contributed by atoms with Gasteiger partial charge in [0, 0.05) is 37.0 Å². The van der Waals surface area contributed by atoms with Crippen LogP contribution in [-0.4, -0.2) is 28.9 Å². The molecule has 0 aliphatic carbocycles. The molecule has 0 spiro atoms. The van der Waals surface area contributed by atoms with E-state index in [4.69, 9.17) is 0 Å². The normalized spacial score (nSPS) is 17.4. The Morgan fingerprint density at radius 1 is 1.32 bits per heavy atom. The molecule has 1 aromatic carbocycles. The first-order valence-electron chi connectivity index (χ1n) is 7.96. The van der Waals surface area contributed by atoms with E-state index in [2.05, 4.69) is 24.0 Å². The molecule has 1 atom stereocenters. The third-order valence-corrected chi connectivity index (χ3v) is 5.44. The predicted octanol–water partition coefficient (Wildman–Crippen LogP) is 4.04. The molecule has 1 aromatic heterocycles. The Hall–Kier alpha value is -1.68. The summed E-state index contributed by atoms with van der Waals surface area (Å²) in [5.41, 5.74) is 1.24. The van der Waals surface area contributed by atoms with Gasteiger partial charge in [0.15, 0.2) is 0 Å². The second-order valence-electron chi connectivity index (χ2n) is 6.04. The Kier molecular flexibility index (Phi) is 4.88. The minimum Gasteiger partial charge on any atom is -0.343 e. The van der Waals surface area contributed by atoms with Gasteiger partial charge in [-0.25, -0.2) is 4.98 Å². The summed E-state index contributed by atoms with van der Waals surface area (Å²) in [6.07, 6.45) is 4.56. The van der Waals surface area contributed by atoms with Crippen LogP contribution in [0.3, 0.4) is 0 Å². The fraction of sp³-hybridized carbons (Fsp3) is 0.444. The van der Waals surface area contributed by atoms with Crippen LogP contribution in [0, 0.1) is 0 Å². The molecule has 1 fully saturated rings. The number of aromatic nitrogens is 1. The van der Waals surface area contributed by atoms with Gasteiger partial charge in [-0.05, 0) is 24.3 Å². The number of carbonyl (C=O) groups excluding carboxylic acids is 1. The maximum absolute atomic E-state index is 12.5.